The first kappa shape index (κ1) is 12.7. The standard InChI is InChI=1S/C17H26N2O/c1-10(2)3-15-9-19(17(20)18-15)16-13-5-11-4-12(7-13)8-14(16)6-11/h9-14,16H,3-8H2,1-2H3,(H,18,20). The van der Waals surface area contributed by atoms with E-state index in [2.05, 4.69) is 29.6 Å². The molecule has 0 saturated heterocycles. The Morgan fingerprint density at radius 3 is 2.30 bits per heavy atom. The van der Waals surface area contributed by atoms with Gasteiger partial charge in [0.25, 0.3) is 0 Å². The predicted octanol–water partition coefficient (Wildman–Crippen LogP) is 3.37. The SMILES string of the molecule is CC(C)Cc1cn(C2C3CC4CC(C3)CC2C4)c(=O)[nH]1. The van der Waals surface area contributed by atoms with Crippen molar-refractivity contribution in [3.05, 3.63) is 22.4 Å². The van der Waals surface area contributed by atoms with Crippen molar-refractivity contribution >= 4 is 0 Å². The van der Waals surface area contributed by atoms with Crippen molar-refractivity contribution in [3.63, 3.8) is 0 Å². The molecule has 1 aromatic heterocycles. The maximum Gasteiger partial charge on any atom is 0.325 e. The van der Waals surface area contributed by atoms with Gasteiger partial charge in [-0.05, 0) is 68.1 Å². The second kappa shape index (κ2) is 4.51. The zero-order valence-electron chi connectivity index (χ0n) is 12.6. The third-order valence-electron chi connectivity index (χ3n) is 5.92. The maximum atomic E-state index is 12.4. The van der Waals surface area contributed by atoms with Crippen molar-refractivity contribution in [1.82, 2.24) is 9.55 Å². The van der Waals surface area contributed by atoms with E-state index in [4.69, 9.17) is 0 Å². The number of nitrogens with zero attached hydrogens (tertiary/aromatic N) is 1. The summed E-state index contributed by atoms with van der Waals surface area (Å²) < 4.78 is 2.07. The molecule has 0 atom stereocenters. The molecular weight excluding hydrogens is 248 g/mol. The van der Waals surface area contributed by atoms with Gasteiger partial charge >= 0.3 is 5.69 Å². The minimum Gasteiger partial charge on any atom is -0.310 e. The van der Waals surface area contributed by atoms with Gasteiger partial charge in [0.2, 0.25) is 0 Å². The van der Waals surface area contributed by atoms with E-state index in [1.165, 1.54) is 32.1 Å². The quantitative estimate of drug-likeness (QED) is 0.901. The molecule has 4 aliphatic carbocycles. The van der Waals surface area contributed by atoms with Crippen LogP contribution in [0.15, 0.2) is 11.0 Å². The van der Waals surface area contributed by atoms with E-state index in [1.54, 1.807) is 0 Å². The highest BCUT2D eigenvalue weighted by Gasteiger charge is 2.49. The first-order chi connectivity index (χ1) is 9.60. The van der Waals surface area contributed by atoms with Gasteiger partial charge in [0, 0.05) is 17.9 Å². The topological polar surface area (TPSA) is 37.8 Å². The minimum atomic E-state index is 0.137. The highest BCUT2D eigenvalue weighted by molar-refractivity contribution is 5.06. The maximum absolute atomic E-state index is 12.4. The summed E-state index contributed by atoms with van der Waals surface area (Å²) in [4.78, 5) is 15.4. The number of rotatable bonds is 3. The molecule has 4 bridgehead atoms. The Labute approximate surface area is 120 Å². The van der Waals surface area contributed by atoms with Crippen LogP contribution in [0.1, 0.15) is 57.7 Å². The Morgan fingerprint density at radius 1 is 1.15 bits per heavy atom. The summed E-state index contributed by atoms with van der Waals surface area (Å²) in [5, 5.41) is 0. The molecule has 3 heteroatoms. The molecule has 20 heavy (non-hydrogen) atoms. The zero-order valence-corrected chi connectivity index (χ0v) is 12.6. The van der Waals surface area contributed by atoms with Crippen LogP contribution in [0.25, 0.3) is 0 Å². The molecule has 3 nitrogen and oxygen atoms in total. The molecule has 1 heterocycles. The normalized spacial score (nSPS) is 38.9. The van der Waals surface area contributed by atoms with Crippen LogP contribution in [-0.4, -0.2) is 9.55 Å². The third-order valence-corrected chi connectivity index (χ3v) is 5.92. The van der Waals surface area contributed by atoms with Crippen LogP contribution in [0.2, 0.25) is 0 Å². The molecule has 4 aliphatic rings. The second-order valence-corrected chi connectivity index (χ2v) is 8.01. The summed E-state index contributed by atoms with van der Waals surface area (Å²) in [6.45, 7) is 4.41. The molecule has 0 radical (unpaired) electrons. The molecule has 5 rings (SSSR count). The summed E-state index contributed by atoms with van der Waals surface area (Å²) in [5.74, 6) is 4.08. The lowest BCUT2D eigenvalue weighted by atomic mass is 9.54. The number of nitrogens with one attached hydrogen (secondary N) is 1. The second-order valence-electron chi connectivity index (χ2n) is 8.01. The molecule has 4 fully saturated rings. The average molecular weight is 274 g/mol. The first-order valence-corrected chi connectivity index (χ1v) is 8.40. The van der Waals surface area contributed by atoms with Crippen molar-refractivity contribution in [1.29, 1.82) is 0 Å². The Balaban J connectivity index is 1.64. The zero-order chi connectivity index (χ0) is 13.9. The van der Waals surface area contributed by atoms with Gasteiger partial charge in [0.05, 0.1) is 0 Å². The van der Waals surface area contributed by atoms with E-state index in [9.17, 15) is 4.79 Å². The Hall–Kier alpha value is -0.990. The van der Waals surface area contributed by atoms with Gasteiger partial charge in [0.1, 0.15) is 0 Å². The molecule has 4 saturated carbocycles. The van der Waals surface area contributed by atoms with Crippen molar-refractivity contribution in [2.45, 2.75) is 58.4 Å². The van der Waals surface area contributed by atoms with Gasteiger partial charge in [-0.2, -0.15) is 0 Å². The van der Waals surface area contributed by atoms with E-state index >= 15 is 0 Å². The number of aromatic amines is 1. The van der Waals surface area contributed by atoms with Crippen LogP contribution < -0.4 is 5.69 Å². The number of H-pyrrole nitrogens is 1. The molecule has 0 amide bonds. The smallest absolute Gasteiger partial charge is 0.310 e. The van der Waals surface area contributed by atoms with Crippen LogP contribution in [0.3, 0.4) is 0 Å². The van der Waals surface area contributed by atoms with Crippen molar-refractivity contribution in [3.8, 4) is 0 Å². The fourth-order valence-corrected chi connectivity index (χ4v) is 5.58. The molecule has 0 aromatic carbocycles. The molecule has 110 valence electrons. The lowest BCUT2D eigenvalue weighted by Crippen LogP contribution is -2.47. The lowest BCUT2D eigenvalue weighted by molar-refractivity contribution is -0.0303. The van der Waals surface area contributed by atoms with Crippen LogP contribution in [0.4, 0.5) is 0 Å². The molecule has 1 N–H and O–H groups in total. The van der Waals surface area contributed by atoms with Gasteiger partial charge in [0.15, 0.2) is 0 Å². The third kappa shape index (κ3) is 1.97. The number of imidazole rings is 1. The van der Waals surface area contributed by atoms with Crippen molar-refractivity contribution < 1.29 is 0 Å². The van der Waals surface area contributed by atoms with Gasteiger partial charge in [-0.1, -0.05) is 13.8 Å². The van der Waals surface area contributed by atoms with E-state index in [1.807, 2.05) is 0 Å². The summed E-state index contributed by atoms with van der Waals surface area (Å²) in [6, 6.07) is 0.493. The molecular formula is C17H26N2O. The van der Waals surface area contributed by atoms with Crippen LogP contribution in [-0.2, 0) is 6.42 Å². The molecule has 0 aliphatic heterocycles. The van der Waals surface area contributed by atoms with E-state index in [0.717, 1.165) is 35.8 Å². The first-order valence-electron chi connectivity index (χ1n) is 8.40. The van der Waals surface area contributed by atoms with E-state index in [0.29, 0.717) is 12.0 Å². The number of hydrogen-bond donors (Lipinski definition) is 1. The highest BCUT2D eigenvalue weighted by Crippen LogP contribution is 2.57. The van der Waals surface area contributed by atoms with Crippen LogP contribution in [0.5, 0.6) is 0 Å². The molecule has 0 unspecified atom stereocenters. The highest BCUT2D eigenvalue weighted by atomic mass is 16.1. The fraction of sp³-hybridized carbons (Fsp3) is 0.824. The number of aromatic nitrogens is 2. The monoisotopic (exact) mass is 274 g/mol. The number of hydrogen-bond acceptors (Lipinski definition) is 1. The fourth-order valence-electron chi connectivity index (χ4n) is 5.58. The van der Waals surface area contributed by atoms with E-state index < -0.39 is 0 Å². The van der Waals surface area contributed by atoms with Crippen LogP contribution >= 0.6 is 0 Å². The average Bonchev–Trinajstić information content (AvgIpc) is 2.68. The Kier molecular flexibility index (Phi) is 2.87. The van der Waals surface area contributed by atoms with Gasteiger partial charge in [-0.25, -0.2) is 4.79 Å². The van der Waals surface area contributed by atoms with E-state index in [-0.39, 0.29) is 5.69 Å². The Morgan fingerprint density at radius 2 is 1.75 bits per heavy atom. The summed E-state index contributed by atoms with van der Waals surface area (Å²) in [7, 11) is 0. The van der Waals surface area contributed by atoms with Crippen molar-refractivity contribution in [2.75, 3.05) is 0 Å². The largest absolute Gasteiger partial charge is 0.325 e. The van der Waals surface area contributed by atoms with Gasteiger partial charge in [-0.3, -0.25) is 4.57 Å². The predicted molar refractivity (Wildman–Crippen MR) is 79.7 cm³/mol. The summed E-state index contributed by atoms with van der Waals surface area (Å²) in [5.41, 5.74) is 1.26. The van der Waals surface area contributed by atoms with Gasteiger partial charge in [-0.15, -0.1) is 0 Å². The van der Waals surface area contributed by atoms with Crippen LogP contribution in [0, 0.1) is 29.6 Å². The van der Waals surface area contributed by atoms with Crippen molar-refractivity contribution in [2.24, 2.45) is 29.6 Å². The Bertz CT molecular complexity index is 526. The molecule has 0 spiro atoms. The summed E-state index contributed by atoms with van der Waals surface area (Å²) >= 11 is 0. The lowest BCUT2D eigenvalue weighted by Gasteiger charge is -2.54. The minimum absolute atomic E-state index is 0.137. The summed E-state index contributed by atoms with van der Waals surface area (Å²) in [6.07, 6.45) is 10.1. The molecule has 1 aromatic rings. The van der Waals surface area contributed by atoms with Gasteiger partial charge < -0.3 is 4.98 Å².